The SMILES string of the molecule is CCCNCc1ccn(Cc2cc(F)cc(F)c2)c1. The standard InChI is InChI=1S/C15H18F2N2/c1-2-4-18-9-12-3-5-19(10-12)11-13-6-14(16)8-15(17)7-13/h3,5-8,10,18H,2,4,9,11H2,1H3. The number of halogens is 2. The van der Waals surface area contributed by atoms with Gasteiger partial charge < -0.3 is 9.88 Å². The lowest BCUT2D eigenvalue weighted by atomic mass is 10.2. The van der Waals surface area contributed by atoms with Gasteiger partial charge in [-0.15, -0.1) is 0 Å². The fourth-order valence-corrected chi connectivity index (χ4v) is 2.02. The van der Waals surface area contributed by atoms with Gasteiger partial charge in [0.25, 0.3) is 0 Å². The van der Waals surface area contributed by atoms with E-state index < -0.39 is 11.6 Å². The van der Waals surface area contributed by atoms with Crippen molar-refractivity contribution in [1.82, 2.24) is 9.88 Å². The molecule has 0 unspecified atom stereocenters. The van der Waals surface area contributed by atoms with Gasteiger partial charge in [-0.3, -0.25) is 0 Å². The van der Waals surface area contributed by atoms with E-state index in [-0.39, 0.29) is 0 Å². The third-order valence-electron chi connectivity index (χ3n) is 2.86. The zero-order chi connectivity index (χ0) is 13.7. The molecular weight excluding hydrogens is 246 g/mol. The lowest BCUT2D eigenvalue weighted by Gasteiger charge is -2.04. The Kier molecular flexibility index (Phi) is 4.68. The van der Waals surface area contributed by atoms with Gasteiger partial charge in [0, 0.05) is 31.5 Å². The van der Waals surface area contributed by atoms with E-state index in [1.165, 1.54) is 17.7 Å². The summed E-state index contributed by atoms with van der Waals surface area (Å²) in [6, 6.07) is 5.62. The van der Waals surface area contributed by atoms with E-state index in [4.69, 9.17) is 0 Å². The normalized spacial score (nSPS) is 10.9. The second-order valence-corrected chi connectivity index (χ2v) is 4.65. The first-order valence-corrected chi connectivity index (χ1v) is 6.47. The summed E-state index contributed by atoms with van der Waals surface area (Å²) in [7, 11) is 0. The van der Waals surface area contributed by atoms with Gasteiger partial charge in [-0.2, -0.15) is 0 Å². The molecule has 4 heteroatoms. The Morgan fingerprint density at radius 2 is 1.84 bits per heavy atom. The molecule has 0 aliphatic heterocycles. The number of rotatable bonds is 6. The van der Waals surface area contributed by atoms with Gasteiger partial charge in [-0.25, -0.2) is 8.78 Å². The maximum absolute atomic E-state index is 13.1. The Morgan fingerprint density at radius 3 is 2.53 bits per heavy atom. The molecule has 1 heterocycles. The Labute approximate surface area is 112 Å². The molecule has 0 spiro atoms. The molecule has 0 saturated carbocycles. The molecule has 0 bridgehead atoms. The average Bonchev–Trinajstić information content (AvgIpc) is 2.76. The summed E-state index contributed by atoms with van der Waals surface area (Å²) in [4.78, 5) is 0. The summed E-state index contributed by atoms with van der Waals surface area (Å²) in [6.07, 6.45) is 5.01. The minimum atomic E-state index is -0.535. The molecule has 102 valence electrons. The van der Waals surface area contributed by atoms with E-state index in [1.807, 2.05) is 23.0 Å². The van der Waals surface area contributed by atoms with Gasteiger partial charge in [-0.05, 0) is 42.3 Å². The highest BCUT2D eigenvalue weighted by Crippen LogP contribution is 2.11. The predicted octanol–water partition coefficient (Wildman–Crippen LogP) is 3.31. The minimum Gasteiger partial charge on any atom is -0.350 e. The molecule has 0 radical (unpaired) electrons. The summed E-state index contributed by atoms with van der Waals surface area (Å²) >= 11 is 0. The molecule has 1 aromatic carbocycles. The first-order valence-electron chi connectivity index (χ1n) is 6.47. The summed E-state index contributed by atoms with van der Waals surface area (Å²) < 4.78 is 28.1. The van der Waals surface area contributed by atoms with Crippen molar-refractivity contribution >= 4 is 0 Å². The fourth-order valence-electron chi connectivity index (χ4n) is 2.02. The van der Waals surface area contributed by atoms with Crippen LogP contribution in [0, 0.1) is 11.6 Å². The predicted molar refractivity (Wildman–Crippen MR) is 71.9 cm³/mol. The minimum absolute atomic E-state index is 0.475. The second-order valence-electron chi connectivity index (χ2n) is 4.65. The summed E-state index contributed by atoms with van der Waals surface area (Å²) in [5.74, 6) is -1.07. The molecule has 0 aliphatic rings. The van der Waals surface area contributed by atoms with E-state index in [2.05, 4.69) is 12.2 Å². The zero-order valence-electron chi connectivity index (χ0n) is 11.0. The lowest BCUT2D eigenvalue weighted by molar-refractivity contribution is 0.577. The van der Waals surface area contributed by atoms with Crippen molar-refractivity contribution in [2.75, 3.05) is 6.54 Å². The van der Waals surface area contributed by atoms with Crippen LogP contribution < -0.4 is 5.32 Å². The topological polar surface area (TPSA) is 17.0 Å². The third kappa shape index (κ3) is 4.17. The Balaban J connectivity index is 1.99. The first kappa shape index (κ1) is 13.7. The van der Waals surface area contributed by atoms with Crippen LogP contribution in [-0.2, 0) is 13.1 Å². The monoisotopic (exact) mass is 264 g/mol. The highest BCUT2D eigenvalue weighted by Gasteiger charge is 2.02. The van der Waals surface area contributed by atoms with Crippen molar-refractivity contribution in [1.29, 1.82) is 0 Å². The number of hydrogen-bond acceptors (Lipinski definition) is 1. The number of aromatic nitrogens is 1. The summed E-state index contributed by atoms with van der Waals surface area (Å²) in [6.45, 7) is 4.40. The van der Waals surface area contributed by atoms with Gasteiger partial charge in [0.2, 0.25) is 0 Å². The number of nitrogens with zero attached hydrogens (tertiary/aromatic N) is 1. The van der Waals surface area contributed by atoms with E-state index in [9.17, 15) is 8.78 Å². The molecule has 2 rings (SSSR count). The van der Waals surface area contributed by atoms with Crippen LogP contribution in [0.1, 0.15) is 24.5 Å². The quantitative estimate of drug-likeness (QED) is 0.792. The van der Waals surface area contributed by atoms with Crippen molar-refractivity contribution in [2.24, 2.45) is 0 Å². The lowest BCUT2D eigenvalue weighted by Crippen LogP contribution is -2.13. The van der Waals surface area contributed by atoms with E-state index in [1.54, 1.807) is 0 Å². The number of benzene rings is 1. The van der Waals surface area contributed by atoms with Crippen LogP contribution in [0.4, 0.5) is 8.78 Å². The van der Waals surface area contributed by atoms with Crippen molar-refractivity contribution in [3.05, 3.63) is 59.4 Å². The van der Waals surface area contributed by atoms with Crippen molar-refractivity contribution in [3.63, 3.8) is 0 Å². The van der Waals surface area contributed by atoms with Crippen LogP contribution >= 0.6 is 0 Å². The summed E-state index contributed by atoms with van der Waals surface area (Å²) in [5, 5.41) is 3.31. The second kappa shape index (κ2) is 6.48. The maximum Gasteiger partial charge on any atom is 0.126 e. The fraction of sp³-hybridized carbons (Fsp3) is 0.333. The molecule has 0 saturated heterocycles. The van der Waals surface area contributed by atoms with Crippen molar-refractivity contribution < 1.29 is 8.78 Å². The molecule has 1 N–H and O–H groups in total. The number of nitrogens with one attached hydrogen (secondary N) is 1. The molecule has 1 aromatic heterocycles. The van der Waals surface area contributed by atoms with Gasteiger partial charge in [-0.1, -0.05) is 6.92 Å². The molecule has 2 aromatic rings. The Hall–Kier alpha value is -1.68. The highest BCUT2D eigenvalue weighted by atomic mass is 19.1. The maximum atomic E-state index is 13.1. The number of hydrogen-bond donors (Lipinski definition) is 1. The molecule has 2 nitrogen and oxygen atoms in total. The Morgan fingerprint density at radius 1 is 1.11 bits per heavy atom. The zero-order valence-corrected chi connectivity index (χ0v) is 11.0. The van der Waals surface area contributed by atoms with E-state index in [0.29, 0.717) is 12.1 Å². The van der Waals surface area contributed by atoms with Crippen LogP contribution in [0.5, 0.6) is 0 Å². The van der Waals surface area contributed by atoms with Gasteiger partial charge >= 0.3 is 0 Å². The van der Waals surface area contributed by atoms with Crippen LogP contribution in [0.15, 0.2) is 36.7 Å². The van der Waals surface area contributed by atoms with Crippen LogP contribution in [0.3, 0.4) is 0 Å². The third-order valence-corrected chi connectivity index (χ3v) is 2.86. The van der Waals surface area contributed by atoms with Crippen molar-refractivity contribution in [3.8, 4) is 0 Å². The van der Waals surface area contributed by atoms with Gasteiger partial charge in [0.1, 0.15) is 11.6 Å². The van der Waals surface area contributed by atoms with E-state index in [0.717, 1.165) is 25.6 Å². The molecular formula is C15H18F2N2. The largest absolute Gasteiger partial charge is 0.350 e. The van der Waals surface area contributed by atoms with Gasteiger partial charge in [0.15, 0.2) is 0 Å². The molecule has 0 aliphatic carbocycles. The Bertz CT molecular complexity index is 514. The van der Waals surface area contributed by atoms with Crippen LogP contribution in [0.2, 0.25) is 0 Å². The highest BCUT2D eigenvalue weighted by molar-refractivity contribution is 5.19. The van der Waals surface area contributed by atoms with Crippen LogP contribution in [0.25, 0.3) is 0 Å². The molecule has 19 heavy (non-hydrogen) atoms. The molecule has 0 amide bonds. The smallest absolute Gasteiger partial charge is 0.126 e. The molecule has 0 fully saturated rings. The molecule has 0 atom stereocenters. The van der Waals surface area contributed by atoms with Crippen LogP contribution in [-0.4, -0.2) is 11.1 Å². The summed E-state index contributed by atoms with van der Waals surface area (Å²) in [5.41, 5.74) is 1.80. The van der Waals surface area contributed by atoms with E-state index >= 15 is 0 Å². The van der Waals surface area contributed by atoms with Gasteiger partial charge in [0.05, 0.1) is 0 Å². The average molecular weight is 264 g/mol. The first-order chi connectivity index (χ1) is 9.17. The van der Waals surface area contributed by atoms with Crippen molar-refractivity contribution in [2.45, 2.75) is 26.4 Å².